The SMILES string of the molecule is COCCc1ncccc1C(=O)N1CCCC[C@H]1CO. The lowest BCUT2D eigenvalue weighted by atomic mass is 10.0. The highest BCUT2D eigenvalue weighted by Gasteiger charge is 2.28. The van der Waals surface area contributed by atoms with Crippen LogP contribution < -0.4 is 0 Å². The maximum Gasteiger partial charge on any atom is 0.256 e. The minimum absolute atomic E-state index is 0.0250. The lowest BCUT2D eigenvalue weighted by Gasteiger charge is -2.35. The zero-order valence-electron chi connectivity index (χ0n) is 11.9. The van der Waals surface area contributed by atoms with E-state index >= 15 is 0 Å². The Hall–Kier alpha value is -1.46. The topological polar surface area (TPSA) is 62.7 Å². The molecule has 0 spiro atoms. The maximum atomic E-state index is 12.7. The number of pyridine rings is 1. The van der Waals surface area contributed by atoms with Gasteiger partial charge in [-0.1, -0.05) is 0 Å². The Balaban J connectivity index is 2.19. The molecule has 1 fully saturated rings. The number of rotatable bonds is 5. The van der Waals surface area contributed by atoms with E-state index in [1.807, 2.05) is 6.07 Å². The van der Waals surface area contributed by atoms with Gasteiger partial charge in [-0.3, -0.25) is 9.78 Å². The molecule has 2 rings (SSSR count). The third-order valence-corrected chi connectivity index (χ3v) is 3.76. The molecule has 1 saturated heterocycles. The van der Waals surface area contributed by atoms with Crippen LogP contribution in [0.4, 0.5) is 0 Å². The summed E-state index contributed by atoms with van der Waals surface area (Å²) in [6.45, 7) is 1.28. The number of nitrogens with zero attached hydrogens (tertiary/aromatic N) is 2. The van der Waals surface area contributed by atoms with E-state index in [1.54, 1.807) is 24.3 Å². The third-order valence-electron chi connectivity index (χ3n) is 3.76. The van der Waals surface area contributed by atoms with Crippen molar-refractivity contribution in [2.24, 2.45) is 0 Å². The molecule has 0 bridgehead atoms. The van der Waals surface area contributed by atoms with Gasteiger partial charge in [-0.2, -0.15) is 0 Å². The fourth-order valence-electron chi connectivity index (χ4n) is 2.64. The number of methoxy groups -OCH3 is 1. The zero-order valence-corrected chi connectivity index (χ0v) is 11.9. The second kappa shape index (κ2) is 7.36. The van der Waals surface area contributed by atoms with Crippen LogP contribution in [0.25, 0.3) is 0 Å². The third kappa shape index (κ3) is 3.35. The van der Waals surface area contributed by atoms with Crippen molar-refractivity contribution >= 4 is 5.91 Å². The molecule has 0 unspecified atom stereocenters. The summed E-state index contributed by atoms with van der Waals surface area (Å²) in [5, 5.41) is 9.44. The molecule has 0 aromatic carbocycles. The van der Waals surface area contributed by atoms with E-state index in [-0.39, 0.29) is 18.6 Å². The predicted octanol–water partition coefficient (Wildman–Crippen LogP) is 1.26. The number of carbonyl (C=O) groups is 1. The van der Waals surface area contributed by atoms with Gasteiger partial charge >= 0.3 is 0 Å². The number of piperidine rings is 1. The van der Waals surface area contributed by atoms with Gasteiger partial charge in [-0.25, -0.2) is 0 Å². The Morgan fingerprint density at radius 2 is 2.40 bits per heavy atom. The number of hydrogen-bond acceptors (Lipinski definition) is 4. The Morgan fingerprint density at radius 3 is 3.15 bits per heavy atom. The van der Waals surface area contributed by atoms with Crippen molar-refractivity contribution in [2.75, 3.05) is 26.9 Å². The van der Waals surface area contributed by atoms with E-state index in [2.05, 4.69) is 4.98 Å². The van der Waals surface area contributed by atoms with E-state index in [0.717, 1.165) is 25.0 Å². The van der Waals surface area contributed by atoms with Crippen LogP contribution in [0.1, 0.15) is 35.3 Å². The number of amides is 1. The Bertz CT molecular complexity index is 450. The summed E-state index contributed by atoms with van der Waals surface area (Å²) in [5.41, 5.74) is 1.39. The van der Waals surface area contributed by atoms with E-state index in [4.69, 9.17) is 4.74 Å². The van der Waals surface area contributed by atoms with Crippen LogP contribution in [0.2, 0.25) is 0 Å². The van der Waals surface area contributed by atoms with Crippen LogP contribution in [-0.4, -0.2) is 53.8 Å². The van der Waals surface area contributed by atoms with E-state index in [1.165, 1.54) is 0 Å². The van der Waals surface area contributed by atoms with E-state index in [0.29, 0.717) is 25.1 Å². The summed E-state index contributed by atoms with van der Waals surface area (Å²) in [4.78, 5) is 18.8. The minimum Gasteiger partial charge on any atom is -0.394 e. The van der Waals surface area contributed by atoms with Gasteiger partial charge in [0.15, 0.2) is 0 Å². The normalized spacial score (nSPS) is 19.1. The largest absolute Gasteiger partial charge is 0.394 e. The van der Waals surface area contributed by atoms with Gasteiger partial charge in [-0.05, 0) is 31.4 Å². The molecule has 110 valence electrons. The van der Waals surface area contributed by atoms with Crippen molar-refractivity contribution in [3.8, 4) is 0 Å². The van der Waals surface area contributed by atoms with Crippen molar-refractivity contribution in [3.05, 3.63) is 29.6 Å². The van der Waals surface area contributed by atoms with Crippen LogP contribution >= 0.6 is 0 Å². The first-order valence-electron chi connectivity index (χ1n) is 7.12. The van der Waals surface area contributed by atoms with Crippen LogP contribution in [0.5, 0.6) is 0 Å². The molecule has 2 heterocycles. The summed E-state index contributed by atoms with van der Waals surface area (Å²) in [6.07, 6.45) is 5.25. The number of carbonyl (C=O) groups excluding carboxylic acids is 1. The molecule has 1 atom stereocenters. The van der Waals surface area contributed by atoms with E-state index in [9.17, 15) is 9.90 Å². The molecule has 0 aliphatic carbocycles. The number of aromatic nitrogens is 1. The quantitative estimate of drug-likeness (QED) is 0.880. The molecule has 1 amide bonds. The molecule has 1 aliphatic rings. The highest BCUT2D eigenvalue weighted by molar-refractivity contribution is 5.95. The summed E-state index contributed by atoms with van der Waals surface area (Å²) >= 11 is 0. The number of likely N-dealkylation sites (tertiary alicyclic amines) is 1. The fourth-order valence-corrected chi connectivity index (χ4v) is 2.64. The van der Waals surface area contributed by atoms with Gasteiger partial charge in [0, 0.05) is 26.3 Å². The molecule has 1 aromatic heterocycles. The highest BCUT2D eigenvalue weighted by Crippen LogP contribution is 2.20. The fraction of sp³-hybridized carbons (Fsp3) is 0.600. The molecule has 20 heavy (non-hydrogen) atoms. The molecule has 0 radical (unpaired) electrons. The second-order valence-corrected chi connectivity index (χ2v) is 5.07. The summed E-state index contributed by atoms with van der Waals surface area (Å²) in [5.74, 6) is -0.0250. The van der Waals surface area contributed by atoms with Crippen LogP contribution in [0, 0.1) is 0 Å². The summed E-state index contributed by atoms with van der Waals surface area (Å²) < 4.78 is 5.06. The molecule has 1 aliphatic heterocycles. The highest BCUT2D eigenvalue weighted by atomic mass is 16.5. The Kier molecular flexibility index (Phi) is 5.49. The van der Waals surface area contributed by atoms with Gasteiger partial charge in [0.2, 0.25) is 0 Å². The van der Waals surface area contributed by atoms with Crippen molar-refractivity contribution in [3.63, 3.8) is 0 Å². The number of aliphatic hydroxyl groups is 1. The lowest BCUT2D eigenvalue weighted by Crippen LogP contribution is -2.46. The standard InChI is InChI=1S/C15H22N2O3/c1-20-10-7-14-13(6-4-8-16-14)15(19)17-9-3-2-5-12(17)11-18/h4,6,8,12,18H,2-3,5,7,9-11H2,1H3/t12-/m0/s1. The molecular weight excluding hydrogens is 256 g/mol. The molecule has 5 heteroatoms. The van der Waals surface area contributed by atoms with Crippen LogP contribution in [0.3, 0.4) is 0 Å². The van der Waals surface area contributed by atoms with Crippen molar-refractivity contribution < 1.29 is 14.6 Å². The first-order valence-corrected chi connectivity index (χ1v) is 7.12. The van der Waals surface area contributed by atoms with Crippen LogP contribution in [0.15, 0.2) is 18.3 Å². The monoisotopic (exact) mass is 278 g/mol. The number of hydrogen-bond donors (Lipinski definition) is 1. The summed E-state index contributed by atoms with van der Waals surface area (Å²) in [7, 11) is 1.64. The van der Waals surface area contributed by atoms with Gasteiger partial charge in [0.25, 0.3) is 5.91 Å². The lowest BCUT2D eigenvalue weighted by molar-refractivity contribution is 0.0501. The van der Waals surface area contributed by atoms with Gasteiger partial charge < -0.3 is 14.7 Å². The van der Waals surface area contributed by atoms with Gasteiger partial charge in [0.1, 0.15) is 0 Å². The Morgan fingerprint density at radius 1 is 1.55 bits per heavy atom. The first kappa shape index (κ1) is 14.9. The van der Waals surface area contributed by atoms with E-state index < -0.39 is 0 Å². The molecule has 5 nitrogen and oxygen atoms in total. The average molecular weight is 278 g/mol. The number of ether oxygens (including phenoxy) is 1. The van der Waals surface area contributed by atoms with Crippen molar-refractivity contribution in [1.29, 1.82) is 0 Å². The van der Waals surface area contributed by atoms with Gasteiger partial charge in [0.05, 0.1) is 30.5 Å². The van der Waals surface area contributed by atoms with Crippen molar-refractivity contribution in [2.45, 2.75) is 31.7 Å². The first-order chi connectivity index (χ1) is 9.77. The number of aliphatic hydroxyl groups excluding tert-OH is 1. The molecule has 0 saturated carbocycles. The molecular formula is C15H22N2O3. The second-order valence-electron chi connectivity index (χ2n) is 5.07. The minimum atomic E-state index is -0.0632. The maximum absolute atomic E-state index is 12.7. The van der Waals surface area contributed by atoms with Crippen molar-refractivity contribution in [1.82, 2.24) is 9.88 Å². The zero-order chi connectivity index (χ0) is 14.4. The van der Waals surface area contributed by atoms with Gasteiger partial charge in [-0.15, -0.1) is 0 Å². The predicted molar refractivity (Wildman–Crippen MR) is 75.6 cm³/mol. The Labute approximate surface area is 119 Å². The molecule has 1 N–H and O–H groups in total. The summed E-state index contributed by atoms with van der Waals surface area (Å²) in [6, 6.07) is 3.52. The molecule has 1 aromatic rings. The average Bonchev–Trinajstić information content (AvgIpc) is 2.52. The van der Waals surface area contributed by atoms with Crippen LogP contribution in [-0.2, 0) is 11.2 Å². The smallest absolute Gasteiger partial charge is 0.256 e.